The third-order valence-corrected chi connectivity index (χ3v) is 6.00. The number of thiophene rings is 1. The van der Waals surface area contributed by atoms with Crippen molar-refractivity contribution in [3.8, 4) is 0 Å². The zero-order valence-electron chi connectivity index (χ0n) is 15.2. The molecule has 0 saturated carbocycles. The number of nitrogens with one attached hydrogen (secondary N) is 2. The van der Waals surface area contributed by atoms with Crippen molar-refractivity contribution < 1.29 is 14.3 Å². The van der Waals surface area contributed by atoms with Crippen LogP contribution in [0.1, 0.15) is 54.4 Å². The van der Waals surface area contributed by atoms with E-state index in [4.69, 9.17) is 39.5 Å². The Morgan fingerprint density at radius 3 is 2.31 bits per heavy atom. The summed E-state index contributed by atoms with van der Waals surface area (Å²) in [5.74, 6) is -0.709. The second-order valence-corrected chi connectivity index (χ2v) is 10.7. The maximum absolute atomic E-state index is 12.4. The highest BCUT2D eigenvalue weighted by atomic mass is 35.6. The van der Waals surface area contributed by atoms with Gasteiger partial charge in [-0.1, -0.05) is 55.6 Å². The Bertz CT molecular complexity index is 693. The molecule has 0 saturated heterocycles. The molecule has 0 radical (unpaired) electrons. The summed E-state index contributed by atoms with van der Waals surface area (Å²) in [6, 6.07) is 0. The van der Waals surface area contributed by atoms with Gasteiger partial charge in [-0.2, -0.15) is 0 Å². The van der Waals surface area contributed by atoms with Gasteiger partial charge in [-0.15, -0.1) is 11.3 Å². The number of anilines is 1. The smallest absolute Gasteiger partial charge is 0.341 e. The number of hydrogen-bond donors (Lipinski definition) is 2. The fourth-order valence-electron chi connectivity index (χ4n) is 2.66. The highest BCUT2D eigenvalue weighted by Gasteiger charge is 2.38. The average molecular weight is 442 g/mol. The molecule has 146 valence electrons. The molecule has 2 rings (SSSR count). The summed E-state index contributed by atoms with van der Waals surface area (Å²) in [7, 11) is 1.34. The van der Waals surface area contributed by atoms with Crippen LogP contribution in [0.3, 0.4) is 0 Å². The Kier molecular flexibility index (Phi) is 6.76. The lowest BCUT2D eigenvalue weighted by molar-refractivity contribution is -0.129. The van der Waals surface area contributed by atoms with Crippen LogP contribution in [0.2, 0.25) is 0 Å². The van der Waals surface area contributed by atoms with E-state index in [0.717, 1.165) is 36.1 Å². The molecule has 5 nitrogen and oxygen atoms in total. The fourth-order valence-corrected chi connectivity index (χ4v) is 4.30. The van der Waals surface area contributed by atoms with E-state index in [1.807, 2.05) is 0 Å². The minimum Gasteiger partial charge on any atom is -0.465 e. The number of hydrogen-bond acceptors (Lipinski definition) is 5. The largest absolute Gasteiger partial charge is 0.465 e. The van der Waals surface area contributed by atoms with Crippen molar-refractivity contribution in [1.82, 2.24) is 5.32 Å². The summed E-state index contributed by atoms with van der Waals surface area (Å²) in [5, 5.41) is 6.32. The Hall–Kier alpha value is -0.690. The zero-order valence-corrected chi connectivity index (χ0v) is 18.3. The van der Waals surface area contributed by atoms with Crippen molar-refractivity contribution in [3.05, 3.63) is 16.0 Å². The number of methoxy groups -OCH3 is 1. The van der Waals surface area contributed by atoms with Crippen molar-refractivity contribution in [3.63, 3.8) is 0 Å². The molecule has 1 aromatic rings. The number of rotatable bonds is 4. The first-order valence-corrected chi connectivity index (χ1v) is 10.3. The first-order valence-electron chi connectivity index (χ1n) is 8.32. The number of carbonyl (C=O) groups is 2. The van der Waals surface area contributed by atoms with Gasteiger partial charge in [0, 0.05) is 10.3 Å². The van der Waals surface area contributed by atoms with Crippen LogP contribution in [-0.4, -0.2) is 28.9 Å². The molecule has 1 atom stereocenters. The summed E-state index contributed by atoms with van der Waals surface area (Å²) in [6.07, 6.45) is 2.80. The summed E-state index contributed by atoms with van der Waals surface area (Å²) < 4.78 is 3.14. The number of esters is 1. The lowest BCUT2D eigenvalue weighted by atomic mass is 9.95. The van der Waals surface area contributed by atoms with Crippen molar-refractivity contribution >= 4 is 63.0 Å². The molecular weight excluding hydrogens is 419 g/mol. The lowest BCUT2D eigenvalue weighted by Gasteiger charge is -2.30. The van der Waals surface area contributed by atoms with Gasteiger partial charge in [0.1, 0.15) is 11.2 Å². The Morgan fingerprint density at radius 1 is 1.15 bits per heavy atom. The van der Waals surface area contributed by atoms with Crippen LogP contribution in [0, 0.1) is 5.41 Å². The molecule has 0 aromatic carbocycles. The lowest BCUT2D eigenvalue weighted by Crippen LogP contribution is -2.52. The maximum Gasteiger partial charge on any atom is 0.341 e. The van der Waals surface area contributed by atoms with Crippen LogP contribution in [0.15, 0.2) is 0 Å². The Morgan fingerprint density at radius 2 is 1.77 bits per heavy atom. The molecule has 0 fully saturated rings. The monoisotopic (exact) mass is 440 g/mol. The van der Waals surface area contributed by atoms with E-state index in [2.05, 4.69) is 10.6 Å². The van der Waals surface area contributed by atoms with Crippen molar-refractivity contribution in [2.75, 3.05) is 12.4 Å². The van der Waals surface area contributed by atoms with Gasteiger partial charge in [-0.25, -0.2) is 4.79 Å². The third kappa shape index (κ3) is 4.97. The van der Waals surface area contributed by atoms with Crippen LogP contribution in [0.5, 0.6) is 0 Å². The van der Waals surface area contributed by atoms with Crippen LogP contribution < -0.4 is 10.6 Å². The summed E-state index contributed by atoms with van der Waals surface area (Å²) in [6.45, 7) is 5.30. The first kappa shape index (κ1) is 21.6. The number of ether oxygens (including phenoxy) is 1. The SMILES string of the molecule is COC(=O)c1c(NC(NC(=O)C(C)(C)C)C(Cl)(Cl)Cl)sc2c1CCCC2. The first-order chi connectivity index (χ1) is 11.9. The molecular formula is C17H23Cl3N2O3S. The van der Waals surface area contributed by atoms with E-state index in [-0.39, 0.29) is 5.91 Å². The number of halogens is 3. The van der Waals surface area contributed by atoms with E-state index in [0.29, 0.717) is 10.6 Å². The van der Waals surface area contributed by atoms with Gasteiger partial charge in [0.25, 0.3) is 0 Å². The van der Waals surface area contributed by atoms with Crippen LogP contribution in [0.4, 0.5) is 5.00 Å². The van der Waals surface area contributed by atoms with Crippen molar-refractivity contribution in [1.29, 1.82) is 0 Å². The predicted octanol–water partition coefficient (Wildman–Crippen LogP) is 4.68. The Labute approximate surface area is 172 Å². The minimum atomic E-state index is -1.81. The molecule has 9 heteroatoms. The molecule has 0 bridgehead atoms. The van der Waals surface area contributed by atoms with Gasteiger partial charge in [-0.3, -0.25) is 4.79 Å². The number of carbonyl (C=O) groups excluding carboxylic acids is 2. The van der Waals surface area contributed by atoms with Crippen LogP contribution in [-0.2, 0) is 22.4 Å². The molecule has 1 aliphatic carbocycles. The van der Waals surface area contributed by atoms with Gasteiger partial charge in [0.05, 0.1) is 12.7 Å². The quantitative estimate of drug-likeness (QED) is 0.404. The van der Waals surface area contributed by atoms with Crippen molar-refractivity contribution in [2.45, 2.75) is 56.4 Å². The standard InChI is InChI=1S/C17H23Cl3N2O3S/c1-16(2,3)15(24)22-14(17(18,19)20)21-12-11(13(23)25-4)9-7-5-6-8-10(9)26-12/h14,21H,5-8H2,1-4H3,(H,22,24). The number of amides is 1. The summed E-state index contributed by atoms with van der Waals surface area (Å²) in [5.41, 5.74) is 0.799. The van der Waals surface area contributed by atoms with Crippen LogP contribution in [0.25, 0.3) is 0 Å². The maximum atomic E-state index is 12.4. The molecule has 26 heavy (non-hydrogen) atoms. The second kappa shape index (κ2) is 8.13. The van der Waals surface area contributed by atoms with E-state index in [9.17, 15) is 9.59 Å². The van der Waals surface area contributed by atoms with Crippen LogP contribution >= 0.6 is 46.1 Å². The van der Waals surface area contributed by atoms with E-state index in [1.165, 1.54) is 18.4 Å². The van der Waals surface area contributed by atoms with E-state index < -0.39 is 21.3 Å². The average Bonchev–Trinajstić information content (AvgIpc) is 2.89. The zero-order chi connectivity index (χ0) is 19.7. The number of alkyl halides is 3. The summed E-state index contributed by atoms with van der Waals surface area (Å²) >= 11 is 19.7. The molecule has 1 unspecified atom stereocenters. The molecule has 0 spiro atoms. The molecule has 1 aromatic heterocycles. The molecule has 1 amide bonds. The minimum absolute atomic E-state index is 0.276. The normalized spacial score (nSPS) is 15.8. The fraction of sp³-hybridized carbons (Fsp3) is 0.647. The van der Waals surface area contributed by atoms with Gasteiger partial charge < -0.3 is 15.4 Å². The number of aryl methyl sites for hydroxylation is 1. The topological polar surface area (TPSA) is 67.4 Å². The molecule has 1 aliphatic rings. The summed E-state index contributed by atoms with van der Waals surface area (Å²) in [4.78, 5) is 25.8. The highest BCUT2D eigenvalue weighted by Crippen LogP contribution is 2.41. The third-order valence-electron chi connectivity index (χ3n) is 4.12. The van der Waals surface area contributed by atoms with E-state index in [1.54, 1.807) is 20.8 Å². The van der Waals surface area contributed by atoms with Crippen molar-refractivity contribution in [2.24, 2.45) is 5.41 Å². The highest BCUT2D eigenvalue weighted by molar-refractivity contribution is 7.16. The van der Waals surface area contributed by atoms with E-state index >= 15 is 0 Å². The predicted molar refractivity (Wildman–Crippen MR) is 108 cm³/mol. The van der Waals surface area contributed by atoms with Gasteiger partial charge >= 0.3 is 5.97 Å². The van der Waals surface area contributed by atoms with Gasteiger partial charge in [0.2, 0.25) is 9.70 Å². The number of fused-ring (bicyclic) bond motifs is 1. The molecule has 0 aliphatic heterocycles. The van der Waals surface area contributed by atoms with Gasteiger partial charge in [0.15, 0.2) is 0 Å². The van der Waals surface area contributed by atoms with Gasteiger partial charge in [-0.05, 0) is 31.2 Å². The molecule has 2 N–H and O–H groups in total. The second-order valence-electron chi connectivity index (χ2n) is 7.25. The Balaban J connectivity index is 2.37. The molecule has 1 heterocycles.